The Morgan fingerprint density at radius 1 is 1.30 bits per heavy atom. The first-order valence-corrected chi connectivity index (χ1v) is 6.29. The van der Waals surface area contributed by atoms with Gasteiger partial charge in [0.25, 0.3) is 0 Å². The monoisotopic (exact) mass is 284 g/mol. The number of nitrogens with zero attached hydrogens (tertiary/aromatic N) is 2. The molecule has 0 spiro atoms. The Balaban J connectivity index is 2.16. The van der Waals surface area contributed by atoms with Crippen LogP contribution in [0.3, 0.4) is 0 Å². The van der Waals surface area contributed by atoms with Crippen LogP contribution in [-0.4, -0.2) is 34.3 Å². The van der Waals surface area contributed by atoms with Crippen molar-refractivity contribution in [2.24, 2.45) is 0 Å². The van der Waals surface area contributed by atoms with Crippen molar-refractivity contribution >= 4 is 12.0 Å². The third-order valence-corrected chi connectivity index (χ3v) is 2.03. The normalized spacial score (nSPS) is 11.0. The smallest absolute Gasteiger partial charge is 0.407 e. The van der Waals surface area contributed by atoms with E-state index >= 15 is 0 Å². The number of hydrogen-bond donors (Lipinski definition) is 2. The molecule has 0 saturated carbocycles. The summed E-state index contributed by atoms with van der Waals surface area (Å²) in [6.45, 7) is 7.38. The lowest BCUT2D eigenvalue weighted by molar-refractivity contribution is -0.121. The molecule has 1 aromatic rings. The van der Waals surface area contributed by atoms with Gasteiger partial charge < -0.3 is 19.9 Å². The van der Waals surface area contributed by atoms with Crippen LogP contribution in [0, 0.1) is 6.92 Å². The molecule has 2 amide bonds. The fraction of sp³-hybridized carbons (Fsp3) is 0.667. The van der Waals surface area contributed by atoms with E-state index in [0.29, 0.717) is 11.7 Å². The highest BCUT2D eigenvalue weighted by atomic mass is 16.6. The van der Waals surface area contributed by atoms with Gasteiger partial charge in [0, 0.05) is 19.9 Å². The molecule has 0 aliphatic heterocycles. The lowest BCUT2D eigenvalue weighted by Crippen LogP contribution is -2.35. The molecule has 1 aromatic heterocycles. The molecule has 20 heavy (non-hydrogen) atoms. The molecule has 112 valence electrons. The second kappa shape index (κ2) is 6.88. The molecule has 0 aromatic carbocycles. The van der Waals surface area contributed by atoms with Crippen LogP contribution in [0.5, 0.6) is 0 Å². The van der Waals surface area contributed by atoms with Crippen LogP contribution in [0.15, 0.2) is 4.52 Å². The van der Waals surface area contributed by atoms with E-state index in [2.05, 4.69) is 20.8 Å². The summed E-state index contributed by atoms with van der Waals surface area (Å²) in [6, 6.07) is 0. The minimum atomic E-state index is -0.553. The highest BCUT2D eigenvalue weighted by Gasteiger charge is 2.15. The first-order valence-electron chi connectivity index (χ1n) is 6.29. The average Bonchev–Trinajstić information content (AvgIpc) is 2.70. The zero-order valence-electron chi connectivity index (χ0n) is 12.1. The van der Waals surface area contributed by atoms with Crippen molar-refractivity contribution in [2.75, 3.05) is 6.54 Å². The van der Waals surface area contributed by atoms with Crippen LogP contribution >= 0.6 is 0 Å². The van der Waals surface area contributed by atoms with Gasteiger partial charge in [0.15, 0.2) is 5.82 Å². The number of carbonyl (C=O) groups is 2. The first-order chi connectivity index (χ1) is 9.26. The lowest BCUT2D eigenvalue weighted by Gasteiger charge is -2.19. The topological polar surface area (TPSA) is 106 Å². The van der Waals surface area contributed by atoms with Gasteiger partial charge in [0.05, 0.1) is 6.54 Å². The second-order valence-electron chi connectivity index (χ2n) is 5.19. The number of ether oxygens (including phenoxy) is 1. The highest BCUT2D eigenvalue weighted by Crippen LogP contribution is 2.06. The van der Waals surface area contributed by atoms with Crippen LogP contribution in [0.4, 0.5) is 4.79 Å². The number of alkyl carbamates (subject to hydrolysis) is 1. The number of amides is 2. The third-order valence-electron chi connectivity index (χ3n) is 2.03. The summed E-state index contributed by atoms with van der Waals surface area (Å²) in [4.78, 5) is 26.8. The van der Waals surface area contributed by atoms with E-state index in [1.165, 1.54) is 0 Å². The molecule has 0 fully saturated rings. The molecule has 0 atom stereocenters. The SMILES string of the molecule is Cc1nc(CNC(=O)CCNC(=O)OC(C)(C)C)no1. The van der Waals surface area contributed by atoms with Crippen LogP contribution in [-0.2, 0) is 16.1 Å². The molecule has 0 unspecified atom stereocenters. The summed E-state index contributed by atoms with van der Waals surface area (Å²) >= 11 is 0. The number of aromatic nitrogens is 2. The number of aryl methyl sites for hydroxylation is 1. The number of hydrogen-bond acceptors (Lipinski definition) is 6. The molecule has 8 nitrogen and oxygen atoms in total. The maximum atomic E-state index is 11.5. The Bertz CT molecular complexity index is 464. The van der Waals surface area contributed by atoms with Gasteiger partial charge in [-0.2, -0.15) is 4.98 Å². The van der Waals surface area contributed by atoms with Crippen molar-refractivity contribution in [1.29, 1.82) is 0 Å². The molecule has 0 saturated heterocycles. The van der Waals surface area contributed by atoms with Crippen molar-refractivity contribution in [3.05, 3.63) is 11.7 Å². The van der Waals surface area contributed by atoms with E-state index in [1.807, 2.05) is 0 Å². The Hall–Kier alpha value is -2.12. The molecule has 0 radical (unpaired) electrons. The molecule has 8 heteroatoms. The van der Waals surface area contributed by atoms with Crippen LogP contribution < -0.4 is 10.6 Å². The summed E-state index contributed by atoms with van der Waals surface area (Å²) in [5.74, 6) is 0.639. The average molecular weight is 284 g/mol. The molecule has 0 aliphatic carbocycles. The second-order valence-corrected chi connectivity index (χ2v) is 5.19. The van der Waals surface area contributed by atoms with Gasteiger partial charge in [0.1, 0.15) is 5.60 Å². The Morgan fingerprint density at radius 3 is 2.55 bits per heavy atom. The molecular formula is C12H20N4O4. The Labute approximate surface area is 117 Å². The molecule has 1 heterocycles. The van der Waals surface area contributed by atoms with Crippen molar-refractivity contribution in [1.82, 2.24) is 20.8 Å². The molecule has 2 N–H and O–H groups in total. The predicted molar refractivity (Wildman–Crippen MR) is 69.7 cm³/mol. The first kappa shape index (κ1) is 15.9. The fourth-order valence-electron chi connectivity index (χ4n) is 1.27. The third kappa shape index (κ3) is 6.72. The number of carbonyl (C=O) groups excluding carboxylic acids is 2. The van der Waals surface area contributed by atoms with Gasteiger partial charge in [-0.15, -0.1) is 0 Å². The molecule has 0 bridgehead atoms. The predicted octanol–water partition coefficient (Wildman–Crippen LogP) is 0.909. The summed E-state index contributed by atoms with van der Waals surface area (Å²) in [5, 5.41) is 8.76. The fourth-order valence-corrected chi connectivity index (χ4v) is 1.27. The van der Waals surface area contributed by atoms with E-state index in [-0.39, 0.29) is 25.4 Å². The van der Waals surface area contributed by atoms with Gasteiger partial charge in [-0.3, -0.25) is 4.79 Å². The largest absolute Gasteiger partial charge is 0.444 e. The number of rotatable bonds is 5. The summed E-state index contributed by atoms with van der Waals surface area (Å²) in [5.41, 5.74) is -0.553. The van der Waals surface area contributed by atoms with E-state index in [9.17, 15) is 9.59 Å². The minimum absolute atomic E-state index is 0.149. The van der Waals surface area contributed by atoms with Crippen LogP contribution in [0.1, 0.15) is 38.9 Å². The van der Waals surface area contributed by atoms with Crippen molar-refractivity contribution in [2.45, 2.75) is 46.3 Å². The van der Waals surface area contributed by atoms with Gasteiger partial charge in [-0.25, -0.2) is 4.79 Å². The highest BCUT2D eigenvalue weighted by molar-refractivity contribution is 5.76. The maximum Gasteiger partial charge on any atom is 0.407 e. The molecule has 1 rings (SSSR count). The van der Waals surface area contributed by atoms with E-state index in [4.69, 9.17) is 9.26 Å². The van der Waals surface area contributed by atoms with Crippen molar-refractivity contribution in [3.63, 3.8) is 0 Å². The minimum Gasteiger partial charge on any atom is -0.444 e. The van der Waals surface area contributed by atoms with Gasteiger partial charge in [0.2, 0.25) is 11.8 Å². The number of nitrogens with one attached hydrogen (secondary N) is 2. The quantitative estimate of drug-likeness (QED) is 0.832. The van der Waals surface area contributed by atoms with Crippen molar-refractivity contribution in [3.8, 4) is 0 Å². The zero-order chi connectivity index (χ0) is 15.2. The van der Waals surface area contributed by atoms with E-state index in [1.54, 1.807) is 27.7 Å². The molecular weight excluding hydrogens is 264 g/mol. The molecule has 0 aliphatic rings. The maximum absolute atomic E-state index is 11.5. The van der Waals surface area contributed by atoms with Crippen LogP contribution in [0.2, 0.25) is 0 Å². The summed E-state index contributed by atoms with van der Waals surface area (Å²) in [7, 11) is 0. The van der Waals surface area contributed by atoms with Crippen LogP contribution in [0.25, 0.3) is 0 Å². The van der Waals surface area contributed by atoms with Gasteiger partial charge in [-0.05, 0) is 20.8 Å². The van der Waals surface area contributed by atoms with E-state index in [0.717, 1.165) is 0 Å². The zero-order valence-corrected chi connectivity index (χ0v) is 12.1. The Morgan fingerprint density at radius 2 is 2.00 bits per heavy atom. The van der Waals surface area contributed by atoms with Crippen molar-refractivity contribution < 1.29 is 18.8 Å². The Kier molecular flexibility index (Phi) is 5.48. The van der Waals surface area contributed by atoms with E-state index < -0.39 is 11.7 Å². The standard InChI is InChI=1S/C12H20N4O4/c1-8-15-9(16-20-8)7-14-10(17)5-6-13-11(18)19-12(2,3)4/h5-7H2,1-4H3,(H,13,18)(H,14,17). The summed E-state index contributed by atoms with van der Waals surface area (Å²) in [6.07, 6.45) is -0.394. The lowest BCUT2D eigenvalue weighted by atomic mass is 10.2. The summed E-state index contributed by atoms with van der Waals surface area (Å²) < 4.78 is 9.81. The van der Waals surface area contributed by atoms with Gasteiger partial charge in [-0.1, -0.05) is 5.16 Å². The van der Waals surface area contributed by atoms with Gasteiger partial charge >= 0.3 is 6.09 Å².